The molecule has 1 N–H and O–H groups in total. The zero-order valence-electron chi connectivity index (χ0n) is 13.6. The number of carbonyl (C=O) groups excluding carboxylic acids is 1. The van der Waals surface area contributed by atoms with Gasteiger partial charge in [0, 0.05) is 36.1 Å². The summed E-state index contributed by atoms with van der Waals surface area (Å²) in [6, 6.07) is 5.24. The first-order valence-electron chi connectivity index (χ1n) is 8.03. The van der Waals surface area contributed by atoms with Crippen molar-refractivity contribution < 1.29 is 19.4 Å². The lowest BCUT2D eigenvalue weighted by atomic mass is 10.1. The Balaban J connectivity index is 1.83. The third-order valence-corrected chi connectivity index (χ3v) is 5.12. The highest BCUT2D eigenvalue weighted by atomic mass is 35.5. The van der Waals surface area contributed by atoms with E-state index in [1.54, 1.807) is 18.2 Å². The molecule has 3 rings (SSSR count). The first-order valence-corrected chi connectivity index (χ1v) is 8.41. The number of amides is 1. The van der Waals surface area contributed by atoms with Crippen molar-refractivity contribution in [3.8, 4) is 0 Å². The summed E-state index contributed by atoms with van der Waals surface area (Å²) in [7, 11) is 0. The summed E-state index contributed by atoms with van der Waals surface area (Å²) in [6.07, 6.45) is 0. The minimum Gasteiger partial charge on any atom is -0.480 e. The maximum absolute atomic E-state index is 13.0. The zero-order chi connectivity index (χ0) is 17.3. The van der Waals surface area contributed by atoms with Gasteiger partial charge in [0.25, 0.3) is 5.91 Å². The molecule has 2 atom stereocenters. The van der Waals surface area contributed by atoms with E-state index < -0.39 is 5.97 Å². The van der Waals surface area contributed by atoms with Crippen LogP contribution in [0.15, 0.2) is 18.2 Å². The molecule has 0 aliphatic carbocycles. The van der Waals surface area contributed by atoms with E-state index in [4.69, 9.17) is 21.4 Å². The van der Waals surface area contributed by atoms with Crippen LogP contribution in [0.25, 0.3) is 0 Å². The van der Waals surface area contributed by atoms with Crippen LogP contribution in [0.4, 0.5) is 0 Å². The second-order valence-corrected chi connectivity index (χ2v) is 6.91. The standard InChI is InChI=1S/C17H21ClN2O4/c1-11-14(3-2-4-15(11)18)17(23)20-6-12-5-19(8-16(21)22)13(7-20)10-24-9-12/h2-4,12-13H,5-10H2,1H3,(H,21,22)/t12-,13+/m1/s1. The number of nitrogens with zero attached hydrogens (tertiary/aromatic N) is 2. The minimum atomic E-state index is -0.855. The van der Waals surface area contributed by atoms with Crippen molar-refractivity contribution in [2.24, 2.45) is 5.92 Å². The van der Waals surface area contributed by atoms with Gasteiger partial charge in [0.05, 0.1) is 25.8 Å². The quantitative estimate of drug-likeness (QED) is 0.892. The highest BCUT2D eigenvalue weighted by Gasteiger charge is 2.36. The van der Waals surface area contributed by atoms with Gasteiger partial charge < -0.3 is 14.7 Å². The molecular formula is C17H21ClN2O4. The predicted molar refractivity (Wildman–Crippen MR) is 89.4 cm³/mol. The van der Waals surface area contributed by atoms with E-state index in [9.17, 15) is 9.59 Å². The van der Waals surface area contributed by atoms with E-state index in [0.29, 0.717) is 43.4 Å². The lowest BCUT2D eigenvalue weighted by Gasteiger charge is -2.31. The summed E-state index contributed by atoms with van der Waals surface area (Å²) in [4.78, 5) is 27.8. The van der Waals surface area contributed by atoms with Crippen LogP contribution in [0.5, 0.6) is 0 Å². The molecule has 130 valence electrons. The van der Waals surface area contributed by atoms with Crippen molar-refractivity contribution in [1.29, 1.82) is 0 Å². The van der Waals surface area contributed by atoms with E-state index >= 15 is 0 Å². The average Bonchev–Trinajstić information content (AvgIpc) is 2.78. The largest absolute Gasteiger partial charge is 0.480 e. The highest BCUT2D eigenvalue weighted by Crippen LogP contribution is 2.24. The molecule has 2 fully saturated rings. The summed E-state index contributed by atoms with van der Waals surface area (Å²) in [5.41, 5.74) is 1.38. The molecule has 2 heterocycles. The smallest absolute Gasteiger partial charge is 0.317 e. The summed E-state index contributed by atoms with van der Waals surface area (Å²) >= 11 is 6.14. The molecule has 7 heteroatoms. The first-order chi connectivity index (χ1) is 11.5. The Morgan fingerprint density at radius 2 is 2.08 bits per heavy atom. The fourth-order valence-electron chi connectivity index (χ4n) is 3.47. The van der Waals surface area contributed by atoms with E-state index in [1.165, 1.54) is 0 Å². The number of rotatable bonds is 3. The van der Waals surface area contributed by atoms with Crippen LogP contribution in [0.2, 0.25) is 5.02 Å². The number of carboxylic acids is 1. The number of aliphatic carboxylic acids is 1. The fourth-order valence-corrected chi connectivity index (χ4v) is 3.65. The number of hydrogen-bond acceptors (Lipinski definition) is 4. The van der Waals surface area contributed by atoms with Gasteiger partial charge in [0.15, 0.2) is 0 Å². The topological polar surface area (TPSA) is 70.1 Å². The van der Waals surface area contributed by atoms with Gasteiger partial charge in [0.2, 0.25) is 0 Å². The van der Waals surface area contributed by atoms with Gasteiger partial charge in [-0.1, -0.05) is 17.7 Å². The van der Waals surface area contributed by atoms with Gasteiger partial charge >= 0.3 is 5.97 Å². The van der Waals surface area contributed by atoms with Crippen molar-refractivity contribution in [3.05, 3.63) is 34.3 Å². The van der Waals surface area contributed by atoms with Gasteiger partial charge in [0.1, 0.15) is 0 Å². The van der Waals surface area contributed by atoms with Crippen molar-refractivity contribution >= 4 is 23.5 Å². The number of fused-ring (bicyclic) bond motifs is 3. The molecule has 1 aromatic rings. The predicted octanol–water partition coefficient (Wildman–Crippen LogP) is 1.51. The second-order valence-electron chi connectivity index (χ2n) is 6.50. The van der Waals surface area contributed by atoms with Crippen molar-refractivity contribution in [3.63, 3.8) is 0 Å². The molecule has 0 unspecified atom stereocenters. The monoisotopic (exact) mass is 352 g/mol. The number of carbonyl (C=O) groups is 2. The maximum atomic E-state index is 13.0. The number of hydrogen-bond donors (Lipinski definition) is 1. The van der Waals surface area contributed by atoms with Crippen LogP contribution in [0.1, 0.15) is 15.9 Å². The van der Waals surface area contributed by atoms with Gasteiger partial charge in [-0.25, -0.2) is 0 Å². The molecule has 6 nitrogen and oxygen atoms in total. The van der Waals surface area contributed by atoms with Crippen LogP contribution in [-0.4, -0.2) is 72.2 Å². The number of benzene rings is 1. The van der Waals surface area contributed by atoms with Gasteiger partial charge in [-0.3, -0.25) is 14.5 Å². The minimum absolute atomic E-state index is 0.0250. The van der Waals surface area contributed by atoms with Crippen LogP contribution in [-0.2, 0) is 9.53 Å². The molecular weight excluding hydrogens is 332 g/mol. The highest BCUT2D eigenvalue weighted by molar-refractivity contribution is 6.31. The van der Waals surface area contributed by atoms with Crippen LogP contribution >= 0.6 is 11.6 Å². The normalized spacial score (nSPS) is 24.5. The molecule has 24 heavy (non-hydrogen) atoms. The summed E-state index contributed by atoms with van der Waals surface area (Å²) < 4.78 is 5.66. The number of ether oxygens (including phenoxy) is 1. The van der Waals surface area contributed by atoms with Gasteiger partial charge in [-0.15, -0.1) is 0 Å². The third kappa shape index (κ3) is 3.55. The molecule has 2 aliphatic heterocycles. The van der Waals surface area contributed by atoms with Crippen LogP contribution in [0.3, 0.4) is 0 Å². The average molecular weight is 353 g/mol. The SMILES string of the molecule is Cc1c(Cl)cccc1C(=O)N1C[C@@H]2COC[C@H](C1)N(CC(=O)O)C2. The zero-order valence-corrected chi connectivity index (χ0v) is 14.3. The van der Waals surface area contributed by atoms with Crippen molar-refractivity contribution in [2.45, 2.75) is 13.0 Å². The van der Waals surface area contributed by atoms with E-state index in [-0.39, 0.29) is 24.4 Å². The Morgan fingerprint density at radius 3 is 2.83 bits per heavy atom. The van der Waals surface area contributed by atoms with Gasteiger partial charge in [-0.05, 0) is 24.6 Å². The van der Waals surface area contributed by atoms with E-state index in [1.807, 2.05) is 16.7 Å². The second kappa shape index (κ2) is 7.09. The first kappa shape index (κ1) is 17.2. The molecule has 2 aliphatic rings. The number of halogens is 1. The van der Waals surface area contributed by atoms with Gasteiger partial charge in [-0.2, -0.15) is 0 Å². The molecule has 0 radical (unpaired) electrons. The van der Waals surface area contributed by atoms with E-state index in [2.05, 4.69) is 0 Å². The summed E-state index contributed by atoms with van der Waals surface area (Å²) in [5, 5.41) is 9.70. The summed E-state index contributed by atoms with van der Waals surface area (Å²) in [5.74, 6) is -0.796. The molecule has 0 saturated carbocycles. The Hall–Kier alpha value is -1.63. The third-order valence-electron chi connectivity index (χ3n) is 4.71. The van der Waals surface area contributed by atoms with Crippen molar-refractivity contribution in [2.75, 3.05) is 39.4 Å². The van der Waals surface area contributed by atoms with E-state index in [0.717, 1.165) is 5.56 Å². The Morgan fingerprint density at radius 1 is 1.29 bits per heavy atom. The Kier molecular flexibility index (Phi) is 5.08. The maximum Gasteiger partial charge on any atom is 0.317 e. The Labute approximate surface area is 145 Å². The van der Waals surface area contributed by atoms with Crippen molar-refractivity contribution in [1.82, 2.24) is 9.80 Å². The molecule has 0 aromatic heterocycles. The lowest BCUT2D eigenvalue weighted by molar-refractivity contribution is -0.139. The van der Waals surface area contributed by atoms with Crippen LogP contribution < -0.4 is 0 Å². The van der Waals surface area contributed by atoms with Crippen LogP contribution in [0, 0.1) is 12.8 Å². The molecule has 0 spiro atoms. The fraction of sp³-hybridized carbons (Fsp3) is 0.529. The molecule has 2 bridgehead atoms. The Bertz CT molecular complexity index is 651. The molecule has 1 aromatic carbocycles. The molecule has 2 saturated heterocycles. The lowest BCUT2D eigenvalue weighted by Crippen LogP contribution is -2.47. The number of carboxylic acid groups (broad SMARTS) is 1. The summed E-state index contributed by atoms with van der Waals surface area (Å²) in [6.45, 7) is 4.48. The molecule has 1 amide bonds.